The summed E-state index contributed by atoms with van der Waals surface area (Å²) in [6, 6.07) is 0. The molecule has 0 nitrogen and oxygen atoms in total. The lowest BCUT2D eigenvalue weighted by Crippen LogP contribution is -2.71. The molecule has 0 aromatic carbocycles. The van der Waals surface area contributed by atoms with Crippen molar-refractivity contribution >= 4 is 0 Å². The molecule has 5 aliphatic carbocycles. The molecule has 5 rings (SSSR count). The predicted molar refractivity (Wildman–Crippen MR) is 189 cm³/mol. The summed E-state index contributed by atoms with van der Waals surface area (Å²) in [7, 11) is 0. The summed E-state index contributed by atoms with van der Waals surface area (Å²) < 4.78 is 0. The van der Waals surface area contributed by atoms with Crippen molar-refractivity contribution in [1.82, 2.24) is 0 Å². The lowest BCUT2D eigenvalue weighted by atomic mass is 9.28. The zero-order valence-corrected chi connectivity index (χ0v) is 32.0. The summed E-state index contributed by atoms with van der Waals surface area (Å²) in [5.41, 5.74) is 1.81. The number of hydrogen-bond acceptors (Lipinski definition) is 0. The summed E-state index contributed by atoms with van der Waals surface area (Å²) in [4.78, 5) is 0. The van der Waals surface area contributed by atoms with E-state index in [0.717, 1.165) is 88.8 Å². The minimum absolute atomic E-state index is 0.419. The summed E-state index contributed by atoms with van der Waals surface area (Å²) in [6.07, 6.45) is 13.5. The Morgan fingerprint density at radius 1 is 0.698 bits per heavy atom. The van der Waals surface area contributed by atoms with Crippen molar-refractivity contribution in [3.8, 4) is 0 Å². The van der Waals surface area contributed by atoms with Crippen molar-refractivity contribution in [2.75, 3.05) is 0 Å². The van der Waals surface area contributed by atoms with Crippen LogP contribution >= 0.6 is 0 Å². The lowest BCUT2D eigenvalue weighted by molar-refractivity contribution is -0.291. The van der Waals surface area contributed by atoms with Crippen LogP contribution in [0.2, 0.25) is 0 Å². The van der Waals surface area contributed by atoms with Gasteiger partial charge < -0.3 is 0 Å². The van der Waals surface area contributed by atoms with E-state index in [1.54, 1.807) is 0 Å². The molecule has 0 aliphatic heterocycles. The molecule has 0 amide bonds. The first-order valence-electron chi connectivity index (χ1n) is 19.8. The van der Waals surface area contributed by atoms with Gasteiger partial charge in [0.25, 0.3) is 0 Å². The molecule has 0 aromatic heterocycles. The Labute approximate surface area is 271 Å². The summed E-state index contributed by atoms with van der Waals surface area (Å²) >= 11 is 0. The fraction of sp³-hybridized carbons (Fsp3) is 1.00. The van der Waals surface area contributed by atoms with Crippen molar-refractivity contribution in [2.45, 2.75) is 162 Å². The topological polar surface area (TPSA) is 0 Å². The van der Waals surface area contributed by atoms with E-state index in [4.69, 9.17) is 0 Å². The van der Waals surface area contributed by atoms with Crippen LogP contribution in [0.3, 0.4) is 0 Å². The second-order valence-corrected chi connectivity index (χ2v) is 20.6. The van der Waals surface area contributed by atoms with Crippen LogP contribution in [0.5, 0.6) is 0 Å². The minimum atomic E-state index is 0.419. The van der Waals surface area contributed by atoms with E-state index in [1.807, 2.05) is 0 Å². The SMILES string of the molecule is CC(C)C1C(C)CC2(C)C(C)C3(C)C(C)C4CCC(CCC5CCC(C(C)(C)C)CC5)C(C)C4C(C)C3C(C)C2(C)C1C. The molecule has 5 fully saturated rings. The van der Waals surface area contributed by atoms with E-state index in [-0.39, 0.29) is 0 Å². The average molecular weight is 595 g/mol. The van der Waals surface area contributed by atoms with Gasteiger partial charge in [0.05, 0.1) is 0 Å². The Balaban J connectivity index is 1.38. The van der Waals surface area contributed by atoms with E-state index >= 15 is 0 Å². The zero-order chi connectivity index (χ0) is 32.0. The fourth-order valence-corrected chi connectivity index (χ4v) is 15.7. The van der Waals surface area contributed by atoms with E-state index in [1.165, 1.54) is 57.8 Å². The molecule has 0 saturated heterocycles. The Morgan fingerprint density at radius 2 is 1.30 bits per heavy atom. The summed E-state index contributed by atoms with van der Waals surface area (Å²) in [5, 5.41) is 0. The molecule has 15 atom stereocenters. The molecule has 15 unspecified atom stereocenters. The first-order chi connectivity index (χ1) is 19.8. The standard InChI is InChI=1S/C43H78/c1-25(2)37-26(3)24-41(13)32(9)42(14)29(6)36-23-20-34(19-16-33-17-21-35(22-18-33)40(10,11)12)27(4)38(36)28(5)39(42)31(8)43(41,15)30(37)7/h25-39H,16-24H2,1-15H3. The molecular formula is C43H78. The normalized spacial score (nSPS) is 55.8. The maximum absolute atomic E-state index is 2.83. The highest BCUT2D eigenvalue weighted by atomic mass is 14.8. The molecule has 0 aromatic rings. The van der Waals surface area contributed by atoms with Gasteiger partial charge in [-0.3, -0.25) is 0 Å². The Bertz CT molecular complexity index is 961. The first-order valence-corrected chi connectivity index (χ1v) is 19.8. The highest BCUT2D eigenvalue weighted by molar-refractivity contribution is 5.20. The minimum Gasteiger partial charge on any atom is -0.0625 e. The van der Waals surface area contributed by atoms with Crippen molar-refractivity contribution in [3.63, 3.8) is 0 Å². The van der Waals surface area contributed by atoms with Crippen LogP contribution in [0.25, 0.3) is 0 Å². The van der Waals surface area contributed by atoms with Gasteiger partial charge in [0.15, 0.2) is 0 Å². The molecule has 0 bridgehead atoms. The van der Waals surface area contributed by atoms with Gasteiger partial charge in [0.2, 0.25) is 0 Å². The van der Waals surface area contributed by atoms with Crippen LogP contribution in [0.1, 0.15) is 162 Å². The third kappa shape index (κ3) is 4.99. The molecule has 0 spiro atoms. The van der Waals surface area contributed by atoms with Crippen molar-refractivity contribution in [1.29, 1.82) is 0 Å². The van der Waals surface area contributed by atoms with Gasteiger partial charge in [-0.05, 0) is 149 Å². The molecule has 0 radical (unpaired) electrons. The lowest BCUT2D eigenvalue weighted by Gasteiger charge is -2.77. The van der Waals surface area contributed by atoms with Gasteiger partial charge in [0.1, 0.15) is 0 Å². The Hall–Kier alpha value is 0. The van der Waals surface area contributed by atoms with Gasteiger partial charge in [0, 0.05) is 0 Å². The first kappa shape index (κ1) is 34.3. The molecule has 5 aliphatic rings. The average Bonchev–Trinajstić information content (AvgIpc) is 2.92. The van der Waals surface area contributed by atoms with E-state index < -0.39 is 0 Å². The molecule has 43 heavy (non-hydrogen) atoms. The fourth-order valence-electron chi connectivity index (χ4n) is 15.7. The second-order valence-electron chi connectivity index (χ2n) is 20.6. The van der Waals surface area contributed by atoms with Crippen LogP contribution in [0.4, 0.5) is 0 Å². The monoisotopic (exact) mass is 595 g/mol. The van der Waals surface area contributed by atoms with Gasteiger partial charge in [-0.1, -0.05) is 123 Å². The van der Waals surface area contributed by atoms with E-state index in [0.29, 0.717) is 21.7 Å². The van der Waals surface area contributed by atoms with Crippen molar-refractivity contribution < 1.29 is 0 Å². The number of hydrogen-bond donors (Lipinski definition) is 0. The van der Waals surface area contributed by atoms with Gasteiger partial charge in [-0.15, -0.1) is 0 Å². The van der Waals surface area contributed by atoms with Crippen LogP contribution in [0.15, 0.2) is 0 Å². The molecular weight excluding hydrogens is 516 g/mol. The highest BCUT2D eigenvalue weighted by Crippen LogP contribution is 2.78. The van der Waals surface area contributed by atoms with Crippen molar-refractivity contribution in [3.05, 3.63) is 0 Å². The van der Waals surface area contributed by atoms with Crippen LogP contribution in [0, 0.1) is 110 Å². The van der Waals surface area contributed by atoms with Crippen LogP contribution in [-0.4, -0.2) is 0 Å². The highest BCUT2D eigenvalue weighted by Gasteiger charge is 2.72. The van der Waals surface area contributed by atoms with Crippen LogP contribution in [-0.2, 0) is 0 Å². The van der Waals surface area contributed by atoms with Gasteiger partial charge in [-0.2, -0.15) is 0 Å². The quantitative estimate of drug-likeness (QED) is 0.304. The largest absolute Gasteiger partial charge is 0.0625 e. The van der Waals surface area contributed by atoms with E-state index in [9.17, 15) is 0 Å². The predicted octanol–water partition coefficient (Wildman–Crippen LogP) is 13.1. The zero-order valence-electron chi connectivity index (χ0n) is 32.0. The number of rotatable bonds is 4. The molecule has 250 valence electrons. The smallest absolute Gasteiger partial charge is 0.0212 e. The Kier molecular flexibility index (Phi) is 9.27. The third-order valence-corrected chi connectivity index (χ3v) is 18.5. The summed E-state index contributed by atoms with van der Waals surface area (Å²) in [5.74, 6) is 13.1. The van der Waals surface area contributed by atoms with Crippen LogP contribution < -0.4 is 0 Å². The third-order valence-electron chi connectivity index (χ3n) is 18.5. The summed E-state index contributed by atoms with van der Waals surface area (Å²) in [6.45, 7) is 40.1. The molecule has 5 saturated carbocycles. The molecule has 0 heteroatoms. The molecule has 0 N–H and O–H groups in total. The van der Waals surface area contributed by atoms with Gasteiger partial charge in [-0.25, -0.2) is 0 Å². The number of fused-ring (bicyclic) bond motifs is 3. The second kappa shape index (κ2) is 11.6. The van der Waals surface area contributed by atoms with E-state index in [2.05, 4.69) is 104 Å². The maximum Gasteiger partial charge on any atom is -0.0212 e. The molecule has 0 heterocycles. The Morgan fingerprint density at radius 3 is 1.86 bits per heavy atom. The van der Waals surface area contributed by atoms with Crippen molar-refractivity contribution in [2.24, 2.45) is 110 Å². The maximum atomic E-state index is 2.83. The van der Waals surface area contributed by atoms with Gasteiger partial charge >= 0.3 is 0 Å².